The SMILES string of the molecule is CN(C)C(CNC(=O)C1CCCN1C(=O)C(F)(F)F)c1cccs1. The molecule has 0 spiro atoms. The predicted molar refractivity (Wildman–Crippen MR) is 84.5 cm³/mol. The van der Waals surface area contributed by atoms with Gasteiger partial charge in [-0.3, -0.25) is 9.59 Å². The lowest BCUT2D eigenvalue weighted by Gasteiger charge is -2.27. The number of hydrogen-bond donors (Lipinski definition) is 1. The number of likely N-dealkylation sites (N-methyl/N-ethyl adjacent to an activating group) is 1. The Balaban J connectivity index is 1.99. The summed E-state index contributed by atoms with van der Waals surface area (Å²) in [6.07, 6.45) is -4.31. The summed E-state index contributed by atoms with van der Waals surface area (Å²) in [7, 11) is 3.73. The van der Waals surface area contributed by atoms with E-state index in [4.69, 9.17) is 0 Å². The molecule has 0 saturated carbocycles. The van der Waals surface area contributed by atoms with Crippen LogP contribution < -0.4 is 5.32 Å². The molecule has 0 aliphatic carbocycles. The highest BCUT2D eigenvalue weighted by Gasteiger charge is 2.47. The molecule has 9 heteroatoms. The first-order valence-electron chi connectivity index (χ1n) is 7.57. The first kappa shape index (κ1) is 18.7. The van der Waals surface area contributed by atoms with E-state index in [0.717, 1.165) is 4.88 Å². The second-order valence-electron chi connectivity index (χ2n) is 5.89. The van der Waals surface area contributed by atoms with Crippen LogP contribution in [0.25, 0.3) is 0 Å². The number of nitrogens with zero attached hydrogens (tertiary/aromatic N) is 2. The molecule has 0 aromatic carbocycles. The third-order valence-corrected chi connectivity index (χ3v) is 5.00. The molecule has 1 aromatic heterocycles. The molecule has 2 heterocycles. The molecule has 134 valence electrons. The lowest BCUT2D eigenvalue weighted by Crippen LogP contribution is -2.51. The molecule has 2 amide bonds. The van der Waals surface area contributed by atoms with E-state index in [1.165, 1.54) is 0 Å². The van der Waals surface area contributed by atoms with Gasteiger partial charge in [0.25, 0.3) is 0 Å². The Kier molecular flexibility index (Phi) is 5.87. The maximum Gasteiger partial charge on any atom is 0.471 e. The van der Waals surface area contributed by atoms with Gasteiger partial charge in [0.15, 0.2) is 0 Å². The largest absolute Gasteiger partial charge is 0.471 e. The third-order valence-electron chi connectivity index (χ3n) is 4.02. The van der Waals surface area contributed by atoms with Gasteiger partial charge in [-0.15, -0.1) is 11.3 Å². The monoisotopic (exact) mass is 363 g/mol. The second-order valence-corrected chi connectivity index (χ2v) is 6.87. The van der Waals surface area contributed by atoms with Crippen molar-refractivity contribution in [2.45, 2.75) is 31.1 Å². The molecular formula is C15H20F3N3O2S. The van der Waals surface area contributed by atoms with Crippen LogP contribution in [-0.4, -0.2) is 61.0 Å². The fourth-order valence-corrected chi connectivity index (χ4v) is 3.70. The highest BCUT2D eigenvalue weighted by molar-refractivity contribution is 7.10. The van der Waals surface area contributed by atoms with E-state index in [9.17, 15) is 22.8 Å². The van der Waals surface area contributed by atoms with Crippen molar-refractivity contribution in [2.75, 3.05) is 27.2 Å². The highest BCUT2D eigenvalue weighted by atomic mass is 32.1. The van der Waals surface area contributed by atoms with Crippen LogP contribution in [0.4, 0.5) is 13.2 Å². The molecule has 1 aliphatic heterocycles. The molecule has 1 saturated heterocycles. The highest BCUT2D eigenvalue weighted by Crippen LogP contribution is 2.26. The zero-order valence-corrected chi connectivity index (χ0v) is 14.3. The van der Waals surface area contributed by atoms with Crippen LogP contribution >= 0.6 is 11.3 Å². The molecule has 1 N–H and O–H groups in total. The van der Waals surface area contributed by atoms with Gasteiger partial charge in [0.2, 0.25) is 5.91 Å². The van der Waals surface area contributed by atoms with Gasteiger partial charge >= 0.3 is 12.1 Å². The van der Waals surface area contributed by atoms with Crippen LogP contribution in [-0.2, 0) is 9.59 Å². The van der Waals surface area contributed by atoms with Crippen molar-refractivity contribution in [1.29, 1.82) is 0 Å². The van der Waals surface area contributed by atoms with E-state index in [1.54, 1.807) is 11.3 Å². The Morgan fingerprint density at radius 1 is 1.46 bits per heavy atom. The molecule has 5 nitrogen and oxygen atoms in total. The molecule has 2 unspecified atom stereocenters. The smallest absolute Gasteiger partial charge is 0.352 e. The van der Waals surface area contributed by atoms with Crippen LogP contribution in [0.2, 0.25) is 0 Å². The average Bonchev–Trinajstić information content (AvgIpc) is 3.16. The van der Waals surface area contributed by atoms with Gasteiger partial charge in [-0.2, -0.15) is 13.2 Å². The number of amides is 2. The fourth-order valence-electron chi connectivity index (χ4n) is 2.78. The van der Waals surface area contributed by atoms with E-state index in [2.05, 4.69) is 5.32 Å². The summed E-state index contributed by atoms with van der Waals surface area (Å²) in [5, 5.41) is 4.62. The summed E-state index contributed by atoms with van der Waals surface area (Å²) in [5.74, 6) is -2.48. The van der Waals surface area contributed by atoms with E-state index in [0.29, 0.717) is 11.3 Å². The van der Waals surface area contributed by atoms with Crippen LogP contribution in [0.1, 0.15) is 23.8 Å². The van der Waals surface area contributed by atoms with Crippen LogP contribution in [0.5, 0.6) is 0 Å². The molecule has 1 aliphatic rings. The number of likely N-dealkylation sites (tertiary alicyclic amines) is 1. The molecule has 2 rings (SSSR count). The zero-order chi connectivity index (χ0) is 17.9. The topological polar surface area (TPSA) is 52.7 Å². The van der Waals surface area contributed by atoms with Gasteiger partial charge in [0.1, 0.15) is 6.04 Å². The summed E-state index contributed by atoms with van der Waals surface area (Å²) < 4.78 is 37.8. The molecule has 1 fully saturated rings. The van der Waals surface area contributed by atoms with Gasteiger partial charge < -0.3 is 15.1 Å². The summed E-state index contributed by atoms with van der Waals surface area (Å²) in [4.78, 5) is 27.3. The van der Waals surface area contributed by atoms with Crippen molar-refractivity contribution >= 4 is 23.2 Å². The molecule has 1 aromatic rings. The van der Waals surface area contributed by atoms with Gasteiger partial charge in [-0.25, -0.2) is 0 Å². The maximum absolute atomic E-state index is 12.6. The first-order chi connectivity index (χ1) is 11.2. The van der Waals surface area contributed by atoms with Crippen LogP contribution in [0, 0.1) is 0 Å². The van der Waals surface area contributed by atoms with E-state index >= 15 is 0 Å². The minimum absolute atomic E-state index is 0.0432. The molecular weight excluding hydrogens is 343 g/mol. The zero-order valence-electron chi connectivity index (χ0n) is 13.5. The Bertz CT molecular complexity index is 575. The first-order valence-corrected chi connectivity index (χ1v) is 8.45. The molecule has 0 bridgehead atoms. The second kappa shape index (κ2) is 7.52. The normalized spacial score (nSPS) is 19.6. The van der Waals surface area contributed by atoms with Gasteiger partial charge in [0.05, 0.1) is 6.04 Å². The Hall–Kier alpha value is -1.61. The quantitative estimate of drug-likeness (QED) is 0.871. The lowest BCUT2D eigenvalue weighted by molar-refractivity contribution is -0.186. The van der Waals surface area contributed by atoms with Crippen molar-refractivity contribution in [3.63, 3.8) is 0 Å². The number of nitrogens with one attached hydrogen (secondary N) is 1. The number of thiophene rings is 1. The molecule has 0 radical (unpaired) electrons. The summed E-state index contributed by atoms with van der Waals surface area (Å²) in [6.45, 7) is 0.232. The maximum atomic E-state index is 12.6. The van der Waals surface area contributed by atoms with Gasteiger partial charge in [0, 0.05) is 18.0 Å². The van der Waals surface area contributed by atoms with E-state index in [-0.39, 0.29) is 25.6 Å². The van der Waals surface area contributed by atoms with Crippen molar-refractivity contribution in [2.24, 2.45) is 0 Å². The minimum atomic E-state index is -4.95. The predicted octanol–water partition coefficient (Wildman–Crippen LogP) is 2.02. The van der Waals surface area contributed by atoms with Crippen molar-refractivity contribution in [1.82, 2.24) is 15.1 Å². The average molecular weight is 363 g/mol. The van der Waals surface area contributed by atoms with Crippen molar-refractivity contribution in [3.8, 4) is 0 Å². The lowest BCUT2D eigenvalue weighted by atomic mass is 10.1. The van der Waals surface area contributed by atoms with Crippen molar-refractivity contribution < 1.29 is 22.8 Å². The van der Waals surface area contributed by atoms with E-state index < -0.39 is 24.0 Å². The summed E-state index contributed by atoms with van der Waals surface area (Å²) >= 11 is 1.55. The van der Waals surface area contributed by atoms with Gasteiger partial charge in [-0.05, 0) is 38.4 Å². The van der Waals surface area contributed by atoms with Crippen molar-refractivity contribution in [3.05, 3.63) is 22.4 Å². The fraction of sp³-hybridized carbons (Fsp3) is 0.600. The number of hydrogen-bond acceptors (Lipinski definition) is 4. The Morgan fingerprint density at radius 2 is 2.17 bits per heavy atom. The van der Waals surface area contributed by atoms with E-state index in [1.807, 2.05) is 36.5 Å². The number of carbonyl (C=O) groups is 2. The summed E-state index contributed by atoms with van der Waals surface area (Å²) in [5.41, 5.74) is 0. The number of rotatable bonds is 5. The number of alkyl halides is 3. The van der Waals surface area contributed by atoms with Crippen LogP contribution in [0.3, 0.4) is 0 Å². The van der Waals surface area contributed by atoms with Crippen LogP contribution in [0.15, 0.2) is 17.5 Å². The molecule has 24 heavy (non-hydrogen) atoms. The summed E-state index contributed by atoms with van der Waals surface area (Å²) in [6, 6.07) is 2.72. The Morgan fingerprint density at radius 3 is 2.71 bits per heavy atom. The number of carbonyl (C=O) groups excluding carboxylic acids is 2. The minimum Gasteiger partial charge on any atom is -0.352 e. The number of halogens is 3. The Labute approximate surface area is 142 Å². The molecule has 2 atom stereocenters. The van der Waals surface area contributed by atoms with Gasteiger partial charge in [-0.1, -0.05) is 6.07 Å². The third kappa shape index (κ3) is 4.27. The standard InChI is InChI=1S/C15H20F3N3O2S/c1-20(2)11(12-6-4-8-24-12)9-19-13(22)10-5-3-7-21(10)14(23)15(16,17)18/h4,6,8,10-11H,3,5,7,9H2,1-2H3,(H,19,22).